The van der Waals surface area contributed by atoms with Crippen molar-refractivity contribution in [2.45, 2.75) is 12.5 Å². The molecule has 1 aromatic carbocycles. The van der Waals surface area contributed by atoms with E-state index in [-0.39, 0.29) is 5.91 Å². The third-order valence-corrected chi connectivity index (χ3v) is 6.02. The van der Waals surface area contributed by atoms with E-state index >= 15 is 0 Å². The average Bonchev–Trinajstić information content (AvgIpc) is 2.65. The van der Waals surface area contributed by atoms with Gasteiger partial charge in [0.15, 0.2) is 0 Å². The highest BCUT2D eigenvalue weighted by atomic mass is 35.5. The van der Waals surface area contributed by atoms with Crippen molar-refractivity contribution < 1.29 is 9.53 Å². The van der Waals surface area contributed by atoms with Crippen LogP contribution >= 0.6 is 23.4 Å². The number of hydrogen-bond acceptors (Lipinski definition) is 5. The first kappa shape index (κ1) is 18.8. The number of amides is 1. The lowest BCUT2D eigenvalue weighted by molar-refractivity contribution is -0.133. The Labute approximate surface area is 159 Å². The first-order valence-electron chi connectivity index (χ1n) is 8.90. The summed E-state index contributed by atoms with van der Waals surface area (Å²) in [6.07, 6.45) is 0.632. The fraction of sp³-hybridized carbons (Fsp3) is 0.611. The third kappa shape index (κ3) is 6.06. The highest BCUT2D eigenvalue weighted by molar-refractivity contribution is 7.99. The van der Waals surface area contributed by atoms with Crippen molar-refractivity contribution in [1.29, 1.82) is 0 Å². The molecule has 25 heavy (non-hydrogen) atoms. The lowest BCUT2D eigenvalue weighted by atomic mass is 10.2. The highest BCUT2D eigenvalue weighted by Crippen LogP contribution is 2.16. The molecule has 7 heteroatoms. The summed E-state index contributed by atoms with van der Waals surface area (Å²) in [5, 5.41) is 4.16. The van der Waals surface area contributed by atoms with E-state index in [1.807, 2.05) is 40.9 Å². The molecule has 2 aliphatic heterocycles. The Hall–Kier alpha value is -0.950. The Kier molecular flexibility index (Phi) is 7.28. The van der Waals surface area contributed by atoms with E-state index in [1.54, 1.807) is 0 Å². The van der Waals surface area contributed by atoms with Gasteiger partial charge in [-0.15, -0.1) is 0 Å². The van der Waals surface area contributed by atoms with Crippen LogP contribution in [0.25, 0.3) is 0 Å². The second-order valence-corrected chi connectivity index (χ2v) is 8.04. The van der Waals surface area contributed by atoms with Gasteiger partial charge in [-0.1, -0.05) is 11.6 Å². The van der Waals surface area contributed by atoms with Crippen molar-refractivity contribution in [2.75, 3.05) is 57.4 Å². The number of nitrogens with one attached hydrogen (secondary N) is 1. The second-order valence-electron chi connectivity index (χ2n) is 6.45. The number of carbonyl (C=O) groups is 1. The predicted octanol–water partition coefficient (Wildman–Crippen LogP) is 1.96. The molecule has 0 bridgehead atoms. The maximum absolute atomic E-state index is 12.4. The Bertz CT molecular complexity index is 544. The molecule has 2 fully saturated rings. The average molecular weight is 384 g/mol. The van der Waals surface area contributed by atoms with Crippen LogP contribution in [0.1, 0.15) is 6.42 Å². The van der Waals surface area contributed by atoms with Gasteiger partial charge in [-0.25, -0.2) is 0 Å². The molecule has 0 radical (unpaired) electrons. The van der Waals surface area contributed by atoms with Crippen LogP contribution < -0.4 is 10.1 Å². The fourth-order valence-electron chi connectivity index (χ4n) is 3.14. The number of rotatable bonds is 6. The third-order valence-electron chi connectivity index (χ3n) is 4.63. The van der Waals surface area contributed by atoms with Crippen LogP contribution in [-0.4, -0.2) is 79.1 Å². The van der Waals surface area contributed by atoms with Crippen molar-refractivity contribution in [3.63, 3.8) is 0 Å². The van der Waals surface area contributed by atoms with Gasteiger partial charge in [-0.05, 0) is 24.3 Å². The summed E-state index contributed by atoms with van der Waals surface area (Å²) in [6.45, 7) is 6.03. The molecule has 0 saturated carbocycles. The van der Waals surface area contributed by atoms with E-state index in [1.165, 1.54) is 0 Å². The molecule has 1 unspecified atom stereocenters. The van der Waals surface area contributed by atoms with Crippen LogP contribution in [0.4, 0.5) is 0 Å². The lowest BCUT2D eigenvalue weighted by Crippen LogP contribution is -2.51. The molecule has 0 aromatic heterocycles. The van der Waals surface area contributed by atoms with Gasteiger partial charge in [-0.2, -0.15) is 11.8 Å². The topological polar surface area (TPSA) is 44.8 Å². The zero-order chi connectivity index (χ0) is 17.5. The summed E-state index contributed by atoms with van der Waals surface area (Å²) in [6, 6.07) is 7.78. The van der Waals surface area contributed by atoms with Gasteiger partial charge >= 0.3 is 0 Å². The first-order chi connectivity index (χ1) is 12.2. The minimum absolute atomic E-state index is 0.289. The molecule has 5 nitrogen and oxygen atoms in total. The Morgan fingerprint density at radius 1 is 1.24 bits per heavy atom. The number of nitrogens with zero attached hydrogens (tertiary/aromatic N) is 2. The van der Waals surface area contributed by atoms with Crippen molar-refractivity contribution in [2.24, 2.45) is 0 Å². The van der Waals surface area contributed by atoms with E-state index in [0.717, 1.165) is 61.5 Å². The monoisotopic (exact) mass is 383 g/mol. The zero-order valence-electron chi connectivity index (χ0n) is 14.5. The summed E-state index contributed by atoms with van der Waals surface area (Å²) in [5.41, 5.74) is 0. The Balaban J connectivity index is 1.32. The summed E-state index contributed by atoms with van der Waals surface area (Å²) in [7, 11) is 0. The van der Waals surface area contributed by atoms with Gasteiger partial charge in [0.25, 0.3) is 0 Å². The molecular formula is C18H26ClN3O2S. The molecular weight excluding hydrogens is 358 g/mol. The Morgan fingerprint density at radius 3 is 2.68 bits per heavy atom. The fourth-order valence-corrected chi connectivity index (χ4v) is 4.21. The summed E-state index contributed by atoms with van der Waals surface area (Å²) in [5.74, 6) is 3.34. The maximum atomic E-state index is 12.4. The van der Waals surface area contributed by atoms with Crippen molar-refractivity contribution >= 4 is 29.3 Å². The number of ether oxygens (including phenoxy) is 1. The summed E-state index contributed by atoms with van der Waals surface area (Å²) in [4.78, 5) is 16.8. The van der Waals surface area contributed by atoms with Gasteiger partial charge in [0.05, 0.1) is 0 Å². The maximum Gasteiger partial charge on any atom is 0.224 e. The molecule has 1 amide bonds. The van der Waals surface area contributed by atoms with Crippen LogP contribution in [0, 0.1) is 0 Å². The van der Waals surface area contributed by atoms with Crippen molar-refractivity contribution in [1.82, 2.24) is 15.1 Å². The van der Waals surface area contributed by atoms with E-state index in [0.29, 0.717) is 19.1 Å². The molecule has 0 aliphatic carbocycles. The van der Waals surface area contributed by atoms with Crippen LogP contribution in [0.3, 0.4) is 0 Å². The largest absolute Gasteiger partial charge is 0.492 e. The van der Waals surface area contributed by atoms with Gasteiger partial charge in [0, 0.05) is 68.3 Å². The zero-order valence-corrected chi connectivity index (χ0v) is 16.0. The molecule has 1 aromatic rings. The van der Waals surface area contributed by atoms with Gasteiger partial charge in [0.1, 0.15) is 12.4 Å². The van der Waals surface area contributed by atoms with E-state index < -0.39 is 0 Å². The molecule has 1 N–H and O–H groups in total. The van der Waals surface area contributed by atoms with Gasteiger partial charge < -0.3 is 15.0 Å². The van der Waals surface area contributed by atoms with E-state index in [9.17, 15) is 4.79 Å². The van der Waals surface area contributed by atoms with E-state index in [2.05, 4.69) is 10.2 Å². The number of halogens is 1. The molecule has 138 valence electrons. The van der Waals surface area contributed by atoms with Crippen molar-refractivity contribution in [3.8, 4) is 5.75 Å². The lowest BCUT2D eigenvalue weighted by Gasteiger charge is -2.35. The number of hydrogen-bond donors (Lipinski definition) is 1. The normalized spacial score (nSPS) is 22.0. The number of benzene rings is 1. The van der Waals surface area contributed by atoms with Gasteiger partial charge in [-0.3, -0.25) is 9.69 Å². The van der Waals surface area contributed by atoms with Crippen LogP contribution in [0.2, 0.25) is 5.02 Å². The number of carbonyl (C=O) groups excluding carboxylic acids is 1. The smallest absolute Gasteiger partial charge is 0.224 e. The second kappa shape index (κ2) is 9.67. The highest BCUT2D eigenvalue weighted by Gasteiger charge is 2.24. The molecule has 0 spiro atoms. The minimum Gasteiger partial charge on any atom is -0.492 e. The van der Waals surface area contributed by atoms with Crippen LogP contribution in [0.15, 0.2) is 24.3 Å². The quantitative estimate of drug-likeness (QED) is 0.813. The molecule has 2 heterocycles. The molecule has 2 aliphatic rings. The van der Waals surface area contributed by atoms with Crippen LogP contribution in [0.5, 0.6) is 5.75 Å². The number of piperazine rings is 1. The van der Waals surface area contributed by atoms with Crippen LogP contribution in [-0.2, 0) is 4.79 Å². The van der Waals surface area contributed by atoms with Crippen molar-refractivity contribution in [3.05, 3.63) is 29.3 Å². The molecule has 3 rings (SSSR count). The van der Waals surface area contributed by atoms with Gasteiger partial charge in [0.2, 0.25) is 5.91 Å². The summed E-state index contributed by atoms with van der Waals surface area (Å²) < 4.78 is 5.75. The predicted molar refractivity (Wildman–Crippen MR) is 104 cm³/mol. The standard InChI is InChI=1S/C18H26ClN3O2S/c19-15-1-3-17(4-2-15)24-11-10-21-6-8-22(9-7-21)18(23)13-16-14-25-12-5-20-16/h1-4,16,20H,5-14H2. The molecule has 2 saturated heterocycles. The SMILES string of the molecule is O=C(CC1CSCCN1)N1CCN(CCOc2ccc(Cl)cc2)CC1. The first-order valence-corrected chi connectivity index (χ1v) is 10.4. The minimum atomic E-state index is 0.289. The Morgan fingerprint density at radius 2 is 2.00 bits per heavy atom. The molecule has 1 atom stereocenters. The summed E-state index contributed by atoms with van der Waals surface area (Å²) >= 11 is 7.80. The number of thioether (sulfide) groups is 1. The van der Waals surface area contributed by atoms with E-state index in [4.69, 9.17) is 16.3 Å².